The van der Waals surface area contributed by atoms with Gasteiger partial charge in [-0.15, -0.1) is 12.7 Å². The van der Waals surface area contributed by atoms with Gasteiger partial charge in [0.15, 0.2) is 0 Å². The molecule has 1 fully saturated rings. The van der Waals surface area contributed by atoms with Crippen molar-refractivity contribution in [3.8, 4) is 0 Å². The van der Waals surface area contributed by atoms with Gasteiger partial charge in [0.05, 0.1) is 0 Å². The molecule has 127 valence electrons. The molecule has 2 aliphatic rings. The Bertz CT molecular complexity index is 282. The zero-order valence-electron chi connectivity index (χ0n) is 11.9. The fourth-order valence-corrected chi connectivity index (χ4v) is 1.59. The first kappa shape index (κ1) is 22.6. The summed E-state index contributed by atoms with van der Waals surface area (Å²) >= 11 is 0. The molecule has 0 aromatic heterocycles. The minimum Gasteiger partial charge on any atom is -0.660 e. The summed E-state index contributed by atoms with van der Waals surface area (Å²) in [5.41, 5.74) is 0.750. The zero-order valence-corrected chi connectivity index (χ0v) is 12.8. The minimum atomic E-state index is -1.17. The van der Waals surface area contributed by atoms with Gasteiger partial charge >= 0.3 is 17.1 Å². The van der Waals surface area contributed by atoms with Crippen LogP contribution in [0.3, 0.4) is 0 Å². The first-order valence-electron chi connectivity index (χ1n) is 6.47. The molecule has 2 heterocycles. The summed E-state index contributed by atoms with van der Waals surface area (Å²) < 4.78 is 0. The largest absolute Gasteiger partial charge is 2.00 e. The van der Waals surface area contributed by atoms with E-state index in [0.717, 1.165) is 31.0 Å². The van der Waals surface area contributed by atoms with E-state index in [-0.39, 0.29) is 17.1 Å². The van der Waals surface area contributed by atoms with Gasteiger partial charge in [0, 0.05) is 0 Å². The molecule has 2 aliphatic heterocycles. The van der Waals surface area contributed by atoms with Crippen molar-refractivity contribution in [1.82, 2.24) is 11.0 Å². The van der Waals surface area contributed by atoms with Crippen molar-refractivity contribution in [3.05, 3.63) is 34.7 Å². The van der Waals surface area contributed by atoms with Crippen LogP contribution in [0.2, 0.25) is 0 Å². The molecular formula is C12H24CuN4O4. The van der Waals surface area contributed by atoms with Crippen molar-refractivity contribution in [1.29, 1.82) is 0 Å². The van der Waals surface area contributed by atoms with Crippen LogP contribution in [0.1, 0.15) is 26.2 Å². The predicted molar refractivity (Wildman–Crippen MR) is 75.1 cm³/mol. The molecule has 1 saturated heterocycles. The fourth-order valence-electron chi connectivity index (χ4n) is 1.59. The monoisotopic (exact) mass is 351 g/mol. The third-order valence-electron chi connectivity index (χ3n) is 2.31. The van der Waals surface area contributed by atoms with Crippen LogP contribution in [-0.4, -0.2) is 46.2 Å². The van der Waals surface area contributed by atoms with E-state index >= 15 is 0 Å². The number of rotatable bonds is 2. The van der Waals surface area contributed by atoms with Crippen LogP contribution in [0.15, 0.2) is 24.0 Å². The van der Waals surface area contributed by atoms with Crippen molar-refractivity contribution in [3.63, 3.8) is 0 Å². The summed E-state index contributed by atoms with van der Waals surface area (Å²) in [6.07, 6.45) is 8.90. The third kappa shape index (κ3) is 15.6. The average Bonchev–Trinajstić information content (AvgIpc) is 2.41. The van der Waals surface area contributed by atoms with E-state index in [1.807, 2.05) is 18.2 Å². The Balaban J connectivity index is 0. The second-order valence-corrected chi connectivity index (χ2v) is 4.11. The number of aliphatic hydroxyl groups excluding tert-OH is 1. The Labute approximate surface area is 135 Å². The predicted octanol–water partition coefficient (Wildman–Crippen LogP) is 0.913. The van der Waals surface area contributed by atoms with E-state index in [4.69, 9.17) is 20.6 Å². The number of nitrogens with one attached hydrogen (secondary N) is 2. The third-order valence-corrected chi connectivity index (χ3v) is 2.31. The van der Waals surface area contributed by atoms with E-state index in [1.165, 1.54) is 19.8 Å². The van der Waals surface area contributed by atoms with Crippen LogP contribution in [-0.2, 0) is 17.1 Å². The molecule has 1 atom stereocenters. The number of hydrogen-bond acceptors (Lipinski definition) is 6. The average molecular weight is 352 g/mol. The van der Waals surface area contributed by atoms with Gasteiger partial charge in [-0.1, -0.05) is 49.0 Å². The Morgan fingerprint density at radius 2 is 1.90 bits per heavy atom. The van der Waals surface area contributed by atoms with Crippen LogP contribution in [0.25, 0.3) is 10.6 Å². The summed E-state index contributed by atoms with van der Waals surface area (Å²) in [5.74, 6) is 0.984. The molecule has 0 aliphatic carbocycles. The number of piperidine rings is 1. The van der Waals surface area contributed by atoms with Gasteiger partial charge in [-0.3, -0.25) is 10.4 Å². The van der Waals surface area contributed by atoms with E-state index in [2.05, 4.69) is 16.0 Å². The maximum atomic E-state index is 7.61. The van der Waals surface area contributed by atoms with Gasteiger partial charge < -0.3 is 26.2 Å². The Kier molecular flexibility index (Phi) is 17.0. The molecule has 1 unspecified atom stereocenters. The molecule has 6 N–H and O–H groups in total. The second-order valence-electron chi connectivity index (χ2n) is 4.11. The summed E-state index contributed by atoms with van der Waals surface area (Å²) in [5, 5.41) is 41.1. The number of aliphatic hydroxyl groups is 2. The van der Waals surface area contributed by atoms with Crippen LogP contribution in [0.5, 0.6) is 0 Å². The standard InChI is InChI=1S/C10H15N3.C2H6O2.Cu.H3NO2/c1-3-7-11-9(5-1)13-10-6-2-4-8-12-10;1-2(3)4;;2-1-3/h1,3,5,10,13H,2,4,6-8H2;2-4H,1H3;;1-3H/q-2;;+2;. The van der Waals surface area contributed by atoms with Crippen LogP contribution in [0, 0.1) is 0 Å². The minimum absolute atomic E-state index is 0. The summed E-state index contributed by atoms with van der Waals surface area (Å²) in [7, 11) is 0. The molecule has 1 radical (unpaired) electrons. The van der Waals surface area contributed by atoms with E-state index < -0.39 is 6.29 Å². The number of nitrogens with zero attached hydrogens (tertiary/aromatic N) is 2. The Morgan fingerprint density at radius 3 is 2.33 bits per heavy atom. The van der Waals surface area contributed by atoms with Gasteiger partial charge in [0.25, 0.3) is 0 Å². The molecule has 9 heteroatoms. The maximum Gasteiger partial charge on any atom is 2.00 e. The summed E-state index contributed by atoms with van der Waals surface area (Å²) in [4.78, 5) is 0. The first-order valence-corrected chi connectivity index (χ1v) is 6.47. The Hall–Kier alpha value is -0.641. The van der Waals surface area contributed by atoms with Gasteiger partial charge in [0.2, 0.25) is 0 Å². The molecular weight excluding hydrogens is 328 g/mol. The van der Waals surface area contributed by atoms with Crippen molar-refractivity contribution in [2.75, 3.05) is 13.1 Å². The van der Waals surface area contributed by atoms with Crippen LogP contribution >= 0.6 is 0 Å². The van der Waals surface area contributed by atoms with E-state index in [1.54, 1.807) is 0 Å². The van der Waals surface area contributed by atoms with Crippen molar-refractivity contribution >= 4 is 0 Å². The van der Waals surface area contributed by atoms with Gasteiger partial charge in [-0.2, -0.15) is 0 Å². The molecule has 0 spiro atoms. The summed E-state index contributed by atoms with van der Waals surface area (Å²) in [6.45, 7) is 3.08. The van der Waals surface area contributed by atoms with Gasteiger partial charge in [-0.05, 0) is 13.5 Å². The first-order chi connectivity index (χ1) is 9.60. The van der Waals surface area contributed by atoms with Crippen molar-refractivity contribution in [2.45, 2.75) is 38.6 Å². The van der Waals surface area contributed by atoms with Crippen LogP contribution < -0.4 is 11.0 Å². The van der Waals surface area contributed by atoms with E-state index in [0.29, 0.717) is 6.17 Å². The molecule has 0 saturated carbocycles. The maximum absolute atomic E-state index is 7.61. The molecule has 0 aromatic rings. The second kappa shape index (κ2) is 15.7. The molecule has 0 amide bonds. The number of hydrogen-bond donors (Lipinski definition) is 6. The van der Waals surface area contributed by atoms with Crippen molar-refractivity contribution in [2.24, 2.45) is 0 Å². The smallest absolute Gasteiger partial charge is 0.660 e. The van der Waals surface area contributed by atoms with Crippen LogP contribution in [0.4, 0.5) is 0 Å². The molecule has 2 rings (SSSR count). The molecule has 8 nitrogen and oxygen atoms in total. The normalized spacial score (nSPS) is 19.7. The quantitative estimate of drug-likeness (QED) is 0.249. The summed E-state index contributed by atoms with van der Waals surface area (Å²) in [6, 6.07) is 0. The SMILES string of the molecule is C1=CC[N-]C(NC2CCCC[N-]2)=C1.CC(O)O.ONO.[Cu+2]. The molecule has 0 bridgehead atoms. The molecule has 21 heavy (non-hydrogen) atoms. The van der Waals surface area contributed by atoms with Gasteiger partial charge in [-0.25, -0.2) is 0 Å². The Morgan fingerprint density at radius 1 is 1.29 bits per heavy atom. The van der Waals surface area contributed by atoms with Crippen molar-refractivity contribution < 1.29 is 37.7 Å². The van der Waals surface area contributed by atoms with E-state index in [9.17, 15) is 0 Å². The fraction of sp³-hybridized carbons (Fsp3) is 0.667. The molecule has 0 aromatic carbocycles. The topological polar surface area (TPSA) is 133 Å². The van der Waals surface area contributed by atoms with Gasteiger partial charge in [0.1, 0.15) is 6.29 Å². The number of allylic oxidation sites excluding steroid dienone is 2. The zero-order chi connectivity index (χ0) is 15.2.